The van der Waals surface area contributed by atoms with Crippen molar-refractivity contribution in [3.05, 3.63) is 0 Å². The van der Waals surface area contributed by atoms with Gasteiger partial charge in [-0.15, -0.1) is 0 Å². The van der Waals surface area contributed by atoms with Crippen LogP contribution in [0.2, 0.25) is 0 Å². The Balaban J connectivity index is 5.24. The third kappa shape index (κ3) is 73.0. The Hall–Kier alpha value is -1.94. The average Bonchev–Trinajstić information content (AvgIpc) is 0.929. The zero-order valence-corrected chi connectivity index (χ0v) is 67.3. The van der Waals surface area contributed by atoms with E-state index in [4.69, 9.17) is 37.0 Å². The van der Waals surface area contributed by atoms with E-state index in [0.717, 1.165) is 108 Å². The van der Waals surface area contributed by atoms with Gasteiger partial charge in [-0.3, -0.25) is 37.3 Å². The van der Waals surface area contributed by atoms with Crippen LogP contribution in [0.4, 0.5) is 0 Å². The minimum atomic E-state index is -4.96. The van der Waals surface area contributed by atoms with E-state index < -0.39 is 97.5 Å². The number of phosphoric acid groups is 2. The molecule has 0 aromatic heterocycles. The smallest absolute Gasteiger partial charge is 0.462 e. The van der Waals surface area contributed by atoms with E-state index in [9.17, 15) is 43.2 Å². The molecule has 594 valence electrons. The fraction of sp³-hybridized carbons (Fsp3) is 0.951. The molecule has 0 aliphatic rings. The number of carbonyl (C=O) groups excluding carboxylic acids is 4. The van der Waals surface area contributed by atoms with Gasteiger partial charge in [0.05, 0.1) is 26.4 Å². The molecule has 3 N–H and O–H groups in total. The predicted molar refractivity (Wildman–Crippen MR) is 409 cm³/mol. The predicted octanol–water partition coefficient (Wildman–Crippen LogP) is 24.3. The number of hydrogen-bond acceptors (Lipinski definition) is 15. The molecule has 6 atom stereocenters. The van der Waals surface area contributed by atoms with Crippen LogP contribution in [0, 0.1) is 11.8 Å². The van der Waals surface area contributed by atoms with Gasteiger partial charge in [-0.05, 0) is 37.5 Å². The maximum absolute atomic E-state index is 13.1. The van der Waals surface area contributed by atoms with E-state index in [1.165, 1.54) is 238 Å². The van der Waals surface area contributed by atoms with Crippen LogP contribution in [-0.2, 0) is 65.4 Å². The lowest BCUT2D eigenvalue weighted by atomic mass is 10.00. The van der Waals surface area contributed by atoms with E-state index in [-0.39, 0.29) is 25.7 Å². The highest BCUT2D eigenvalue weighted by Gasteiger charge is 2.30. The molecule has 0 aliphatic heterocycles. The number of hydrogen-bond donors (Lipinski definition) is 3. The molecule has 100 heavy (non-hydrogen) atoms. The summed E-state index contributed by atoms with van der Waals surface area (Å²) in [6.45, 7) is 9.60. The van der Waals surface area contributed by atoms with Gasteiger partial charge in [0.15, 0.2) is 12.2 Å². The molecule has 0 aliphatic carbocycles. The number of ether oxygens (including phenoxy) is 4. The fourth-order valence-corrected chi connectivity index (χ4v) is 14.1. The Bertz CT molecular complexity index is 1930. The first-order chi connectivity index (χ1) is 48.4. The Labute approximate surface area is 613 Å². The van der Waals surface area contributed by atoms with Gasteiger partial charge in [-0.25, -0.2) is 9.13 Å². The first-order valence-corrected chi connectivity index (χ1v) is 45.0. The van der Waals surface area contributed by atoms with E-state index in [1.54, 1.807) is 0 Å². The van der Waals surface area contributed by atoms with Gasteiger partial charge >= 0.3 is 39.5 Å². The van der Waals surface area contributed by atoms with E-state index in [0.29, 0.717) is 25.7 Å². The SMILES string of the molecule is CCCCCCCCCCCCCCCCCCCCCC(=O)O[C@H](COC(=O)CCCCCCCCCCCCCCCCCCC)COP(=O)(O)OC[C@@H](O)COP(=O)(O)OC[C@@H](COC(=O)CCCCCCCCC(C)CC)OC(=O)CCCCCCCCCCCCCC(C)C. The molecular weight excluding hydrogens is 1310 g/mol. The molecule has 0 bridgehead atoms. The first-order valence-electron chi connectivity index (χ1n) is 42.0. The molecule has 0 aromatic rings. The number of phosphoric ester groups is 2. The lowest BCUT2D eigenvalue weighted by Crippen LogP contribution is -2.30. The molecule has 0 heterocycles. The molecule has 0 amide bonds. The van der Waals surface area contributed by atoms with Crippen molar-refractivity contribution in [1.82, 2.24) is 0 Å². The number of rotatable bonds is 80. The number of esters is 4. The fourth-order valence-electron chi connectivity index (χ4n) is 12.5. The standard InChI is InChI=1S/C81H158O17P2/c1-7-10-12-14-16-18-20-22-24-26-27-29-31-33-37-41-45-53-59-65-80(85)97-76(69-91-78(83)63-57-51-44-40-36-32-30-28-25-23-21-19-17-15-13-11-8-2)71-95-99(87,88)93-67-75(82)68-94-100(89,90)96-72-77(70-92-79(84)64-58-52-48-47-50-56-62-74(6)9-3)98-81(86)66-60-54-46-42-38-34-35-39-43-49-55-61-73(4)5/h73-77,82H,7-72H2,1-6H3,(H,87,88)(H,89,90)/t74?,75-,76-,77-/m1/s1. The summed E-state index contributed by atoms with van der Waals surface area (Å²) in [4.78, 5) is 73.0. The maximum atomic E-state index is 13.1. The summed E-state index contributed by atoms with van der Waals surface area (Å²) in [7, 11) is -9.92. The Morgan fingerprint density at radius 3 is 0.760 bits per heavy atom. The molecular formula is C81H158O17P2. The van der Waals surface area contributed by atoms with Crippen molar-refractivity contribution >= 4 is 39.5 Å². The summed E-state index contributed by atoms with van der Waals surface area (Å²) in [5.41, 5.74) is 0. The maximum Gasteiger partial charge on any atom is 0.472 e. The molecule has 17 nitrogen and oxygen atoms in total. The molecule has 0 radical (unpaired) electrons. The lowest BCUT2D eigenvalue weighted by Gasteiger charge is -2.21. The van der Waals surface area contributed by atoms with Gasteiger partial charge in [0.2, 0.25) is 0 Å². The second-order valence-electron chi connectivity index (χ2n) is 29.9. The van der Waals surface area contributed by atoms with Crippen molar-refractivity contribution in [2.24, 2.45) is 11.8 Å². The Morgan fingerprint density at radius 1 is 0.290 bits per heavy atom. The number of aliphatic hydroxyl groups is 1. The summed E-state index contributed by atoms with van der Waals surface area (Å²) in [5.74, 6) is -0.614. The molecule has 0 saturated carbocycles. The highest BCUT2D eigenvalue weighted by molar-refractivity contribution is 7.47. The van der Waals surface area contributed by atoms with Gasteiger partial charge in [-0.1, -0.05) is 375 Å². The van der Waals surface area contributed by atoms with Crippen LogP contribution in [0.25, 0.3) is 0 Å². The van der Waals surface area contributed by atoms with Crippen molar-refractivity contribution in [2.45, 2.75) is 445 Å². The summed E-state index contributed by atoms with van der Waals surface area (Å²) in [5, 5.41) is 10.6. The van der Waals surface area contributed by atoms with E-state index in [2.05, 4.69) is 41.5 Å². The first kappa shape index (κ1) is 98.1. The van der Waals surface area contributed by atoms with E-state index in [1.807, 2.05) is 0 Å². The number of unbranched alkanes of at least 4 members (excludes halogenated alkanes) is 49. The Morgan fingerprint density at radius 2 is 0.510 bits per heavy atom. The average molecular weight is 1470 g/mol. The van der Waals surface area contributed by atoms with Crippen molar-refractivity contribution in [1.29, 1.82) is 0 Å². The topological polar surface area (TPSA) is 237 Å². The molecule has 0 saturated heterocycles. The van der Waals surface area contributed by atoms with Gasteiger partial charge < -0.3 is 33.8 Å². The van der Waals surface area contributed by atoms with E-state index >= 15 is 0 Å². The normalized spacial score (nSPS) is 14.2. The quantitative estimate of drug-likeness (QED) is 0.0222. The van der Waals surface area contributed by atoms with Gasteiger partial charge in [0.25, 0.3) is 0 Å². The highest BCUT2D eigenvalue weighted by atomic mass is 31.2. The monoisotopic (exact) mass is 1470 g/mol. The van der Waals surface area contributed by atoms with Crippen LogP contribution in [0.15, 0.2) is 0 Å². The van der Waals surface area contributed by atoms with Crippen molar-refractivity contribution in [2.75, 3.05) is 39.6 Å². The zero-order valence-electron chi connectivity index (χ0n) is 65.5. The third-order valence-corrected chi connectivity index (χ3v) is 21.2. The van der Waals surface area contributed by atoms with Crippen molar-refractivity contribution < 1.29 is 80.2 Å². The second-order valence-corrected chi connectivity index (χ2v) is 32.8. The molecule has 3 unspecified atom stereocenters. The minimum absolute atomic E-state index is 0.106. The second kappa shape index (κ2) is 72.6. The van der Waals surface area contributed by atoms with Crippen LogP contribution in [0.3, 0.4) is 0 Å². The van der Waals surface area contributed by atoms with Crippen LogP contribution in [-0.4, -0.2) is 96.7 Å². The van der Waals surface area contributed by atoms with Gasteiger partial charge in [0.1, 0.15) is 19.3 Å². The summed E-state index contributed by atoms with van der Waals surface area (Å²) in [6.07, 6.45) is 62.5. The molecule has 0 fully saturated rings. The highest BCUT2D eigenvalue weighted by Crippen LogP contribution is 2.45. The lowest BCUT2D eigenvalue weighted by molar-refractivity contribution is -0.161. The Kier molecular flexibility index (Phi) is 71.2. The summed E-state index contributed by atoms with van der Waals surface area (Å²) >= 11 is 0. The zero-order chi connectivity index (χ0) is 73.5. The molecule has 19 heteroatoms. The van der Waals surface area contributed by atoms with Crippen LogP contribution in [0.1, 0.15) is 427 Å². The van der Waals surface area contributed by atoms with Crippen molar-refractivity contribution in [3.63, 3.8) is 0 Å². The third-order valence-electron chi connectivity index (χ3n) is 19.3. The van der Waals surface area contributed by atoms with Crippen LogP contribution < -0.4 is 0 Å². The number of carbonyl (C=O) groups is 4. The summed E-state index contributed by atoms with van der Waals surface area (Å²) < 4.78 is 68.7. The number of aliphatic hydroxyl groups excluding tert-OH is 1. The summed E-state index contributed by atoms with van der Waals surface area (Å²) in [6, 6.07) is 0. The van der Waals surface area contributed by atoms with Gasteiger partial charge in [-0.2, -0.15) is 0 Å². The van der Waals surface area contributed by atoms with Crippen LogP contribution in [0.5, 0.6) is 0 Å². The molecule has 0 spiro atoms. The molecule has 0 aromatic carbocycles. The van der Waals surface area contributed by atoms with Crippen LogP contribution >= 0.6 is 15.6 Å². The largest absolute Gasteiger partial charge is 0.472 e. The molecule has 0 rings (SSSR count). The minimum Gasteiger partial charge on any atom is -0.462 e. The van der Waals surface area contributed by atoms with Gasteiger partial charge in [0, 0.05) is 25.7 Å². The van der Waals surface area contributed by atoms with Crippen molar-refractivity contribution in [3.8, 4) is 0 Å².